The molecule has 1 N–H and O–H groups in total. The van der Waals surface area contributed by atoms with Gasteiger partial charge in [-0.1, -0.05) is 24.3 Å². The second kappa shape index (κ2) is 7.17. The van der Waals surface area contributed by atoms with Crippen molar-refractivity contribution in [2.24, 2.45) is 4.99 Å². The van der Waals surface area contributed by atoms with Gasteiger partial charge in [-0.25, -0.2) is 9.97 Å². The van der Waals surface area contributed by atoms with Crippen molar-refractivity contribution in [3.05, 3.63) is 89.8 Å². The number of hydrogen-bond donors (Lipinski definition) is 1. The van der Waals surface area contributed by atoms with Crippen LogP contribution in [0.25, 0.3) is 16.7 Å². The Morgan fingerprint density at radius 3 is 3.03 bits per heavy atom. The number of aryl methyl sites for hydroxylation is 1. The zero-order chi connectivity index (χ0) is 19.8. The summed E-state index contributed by atoms with van der Waals surface area (Å²) in [5, 5.41) is 1.09. The Bertz CT molecular complexity index is 1240. The Balaban J connectivity index is 1.49. The fourth-order valence-corrected chi connectivity index (χ4v) is 4.21. The number of aliphatic imine (C=N–C) groups is 1. The first-order valence-electron chi connectivity index (χ1n) is 10.00. The van der Waals surface area contributed by atoms with Gasteiger partial charge < -0.3 is 9.55 Å². The largest absolute Gasteiger partial charge is 0.345 e. The number of aromatic nitrogens is 4. The van der Waals surface area contributed by atoms with Crippen molar-refractivity contribution in [3.63, 3.8) is 0 Å². The number of hydrogen-bond acceptors (Lipinski definition) is 3. The monoisotopic (exact) mass is 381 g/mol. The van der Waals surface area contributed by atoms with Crippen LogP contribution in [0.15, 0.2) is 72.3 Å². The minimum Gasteiger partial charge on any atom is -0.345 e. The van der Waals surface area contributed by atoms with Gasteiger partial charge in [-0.15, -0.1) is 0 Å². The average molecular weight is 381 g/mol. The third kappa shape index (κ3) is 3.09. The smallest absolute Gasteiger partial charge is 0.137 e. The lowest BCUT2D eigenvalue weighted by molar-refractivity contribution is 0.720. The first-order chi connectivity index (χ1) is 14.2. The summed E-state index contributed by atoms with van der Waals surface area (Å²) in [5.41, 5.74) is 6.35. The molecule has 0 bridgehead atoms. The molecule has 5 rings (SSSR count). The molecule has 29 heavy (non-hydrogen) atoms. The lowest BCUT2D eigenvalue weighted by Crippen LogP contribution is -2.02. The first-order valence-corrected chi connectivity index (χ1v) is 10.00. The van der Waals surface area contributed by atoms with E-state index in [4.69, 9.17) is 4.99 Å². The summed E-state index contributed by atoms with van der Waals surface area (Å²) in [7, 11) is 0. The van der Waals surface area contributed by atoms with Crippen LogP contribution in [0.3, 0.4) is 0 Å². The SMILES string of the molecule is C/C=C(\N=C(/C)c1cccc(C2CCn3ccnc32)c1)c1c[nH]c2ncccc12. The van der Waals surface area contributed by atoms with Crippen molar-refractivity contribution < 1.29 is 0 Å². The normalized spacial score (nSPS) is 17.1. The van der Waals surface area contributed by atoms with E-state index in [1.165, 1.54) is 5.56 Å². The molecule has 5 heteroatoms. The molecular weight excluding hydrogens is 358 g/mol. The Hall–Kier alpha value is -3.47. The number of rotatable bonds is 4. The van der Waals surface area contributed by atoms with Crippen LogP contribution in [0.4, 0.5) is 0 Å². The number of nitrogens with zero attached hydrogens (tertiary/aromatic N) is 4. The molecule has 4 aromatic rings. The maximum absolute atomic E-state index is 4.97. The van der Waals surface area contributed by atoms with Crippen molar-refractivity contribution in [1.82, 2.24) is 19.5 Å². The van der Waals surface area contributed by atoms with Crippen LogP contribution in [0, 0.1) is 0 Å². The van der Waals surface area contributed by atoms with Gasteiger partial charge in [0.2, 0.25) is 0 Å². The molecule has 1 aromatic carbocycles. The number of benzene rings is 1. The molecule has 4 heterocycles. The number of aromatic amines is 1. The van der Waals surface area contributed by atoms with E-state index in [0.717, 1.165) is 52.4 Å². The topological polar surface area (TPSA) is 58.9 Å². The standard InChI is InChI=1S/C24H23N5/c1-3-22(21-15-27-23-20(21)8-5-10-25-23)28-16(2)17-6-4-7-18(14-17)19-9-12-29-13-11-26-24(19)29/h3-8,10-11,13-15,19H,9,12H2,1-2H3,(H,25,27)/b22-3-,28-16+. The fraction of sp³-hybridized carbons (Fsp3) is 0.208. The number of nitrogens with one attached hydrogen (secondary N) is 1. The van der Waals surface area contributed by atoms with Crippen molar-refractivity contribution in [1.29, 1.82) is 0 Å². The van der Waals surface area contributed by atoms with E-state index in [-0.39, 0.29) is 0 Å². The molecule has 3 aromatic heterocycles. The van der Waals surface area contributed by atoms with Crippen molar-refractivity contribution >= 4 is 22.4 Å². The number of H-pyrrole nitrogens is 1. The summed E-state index contributed by atoms with van der Waals surface area (Å²) >= 11 is 0. The van der Waals surface area contributed by atoms with Crippen LogP contribution < -0.4 is 0 Å². The van der Waals surface area contributed by atoms with Gasteiger partial charge in [0.25, 0.3) is 0 Å². The molecule has 1 atom stereocenters. The predicted octanol–water partition coefficient (Wildman–Crippen LogP) is 5.17. The number of imidazole rings is 1. The Morgan fingerprint density at radius 1 is 1.21 bits per heavy atom. The molecule has 0 saturated carbocycles. The lowest BCUT2D eigenvalue weighted by Gasteiger charge is -2.11. The van der Waals surface area contributed by atoms with Crippen LogP contribution in [0.5, 0.6) is 0 Å². The van der Waals surface area contributed by atoms with E-state index in [2.05, 4.69) is 69.0 Å². The molecule has 1 aliphatic heterocycles. The highest BCUT2D eigenvalue weighted by Gasteiger charge is 2.25. The van der Waals surface area contributed by atoms with Gasteiger partial charge in [0.15, 0.2) is 0 Å². The Labute approximate surface area is 169 Å². The van der Waals surface area contributed by atoms with Crippen molar-refractivity contribution in [3.8, 4) is 0 Å². The van der Waals surface area contributed by atoms with Gasteiger partial charge in [0.05, 0.1) is 5.70 Å². The van der Waals surface area contributed by atoms with E-state index < -0.39 is 0 Å². The molecule has 0 spiro atoms. The molecule has 0 saturated heterocycles. The second-order valence-electron chi connectivity index (χ2n) is 7.42. The minimum atomic E-state index is 0.360. The third-order valence-electron chi connectivity index (χ3n) is 5.71. The second-order valence-corrected chi connectivity index (χ2v) is 7.42. The molecule has 0 radical (unpaired) electrons. The van der Waals surface area contributed by atoms with E-state index in [1.54, 1.807) is 6.20 Å². The molecule has 1 aliphatic rings. The molecule has 144 valence electrons. The fourth-order valence-electron chi connectivity index (χ4n) is 4.21. The van der Waals surface area contributed by atoms with Crippen molar-refractivity contribution in [2.75, 3.05) is 0 Å². The van der Waals surface area contributed by atoms with Gasteiger partial charge in [0.1, 0.15) is 11.5 Å². The minimum absolute atomic E-state index is 0.360. The molecule has 1 unspecified atom stereocenters. The summed E-state index contributed by atoms with van der Waals surface area (Å²) in [6.07, 6.45) is 10.9. The van der Waals surface area contributed by atoms with Gasteiger partial charge >= 0.3 is 0 Å². The average Bonchev–Trinajstić information content (AvgIpc) is 3.47. The van der Waals surface area contributed by atoms with Gasteiger partial charge in [-0.3, -0.25) is 4.99 Å². The van der Waals surface area contributed by atoms with Crippen LogP contribution >= 0.6 is 0 Å². The maximum Gasteiger partial charge on any atom is 0.137 e. The Kier molecular flexibility index (Phi) is 4.35. The summed E-state index contributed by atoms with van der Waals surface area (Å²) in [4.78, 5) is 17.2. The summed E-state index contributed by atoms with van der Waals surface area (Å²) in [6.45, 7) is 5.13. The van der Waals surface area contributed by atoms with Crippen LogP contribution in [0.2, 0.25) is 0 Å². The van der Waals surface area contributed by atoms with Crippen LogP contribution in [-0.4, -0.2) is 25.2 Å². The van der Waals surface area contributed by atoms with E-state index >= 15 is 0 Å². The molecular formula is C24H23N5. The van der Waals surface area contributed by atoms with Gasteiger partial charge in [-0.2, -0.15) is 0 Å². The molecule has 0 amide bonds. The predicted molar refractivity (Wildman–Crippen MR) is 117 cm³/mol. The quantitative estimate of drug-likeness (QED) is 0.496. The highest BCUT2D eigenvalue weighted by Crippen LogP contribution is 2.33. The van der Waals surface area contributed by atoms with E-state index in [1.807, 2.05) is 25.4 Å². The summed E-state index contributed by atoms with van der Waals surface area (Å²) < 4.78 is 2.25. The van der Waals surface area contributed by atoms with Gasteiger partial charge in [-0.05, 0) is 49.6 Å². The zero-order valence-corrected chi connectivity index (χ0v) is 16.6. The first kappa shape index (κ1) is 17.6. The summed E-state index contributed by atoms with van der Waals surface area (Å²) in [6, 6.07) is 12.8. The molecule has 0 fully saturated rings. The Morgan fingerprint density at radius 2 is 2.14 bits per heavy atom. The maximum atomic E-state index is 4.97. The number of fused-ring (bicyclic) bond motifs is 2. The van der Waals surface area contributed by atoms with E-state index in [0.29, 0.717) is 5.92 Å². The third-order valence-corrected chi connectivity index (χ3v) is 5.71. The number of allylic oxidation sites excluding steroid dienone is 1. The molecule has 0 aliphatic carbocycles. The highest BCUT2D eigenvalue weighted by molar-refractivity contribution is 6.03. The van der Waals surface area contributed by atoms with Crippen molar-refractivity contribution in [2.45, 2.75) is 32.7 Å². The van der Waals surface area contributed by atoms with Crippen LogP contribution in [-0.2, 0) is 6.54 Å². The van der Waals surface area contributed by atoms with E-state index in [9.17, 15) is 0 Å². The highest BCUT2D eigenvalue weighted by atomic mass is 15.1. The molecule has 5 nitrogen and oxygen atoms in total. The summed E-state index contributed by atoms with van der Waals surface area (Å²) in [5.74, 6) is 1.52. The zero-order valence-electron chi connectivity index (χ0n) is 16.6. The number of pyridine rings is 1. The van der Waals surface area contributed by atoms with Crippen LogP contribution in [0.1, 0.15) is 48.7 Å². The van der Waals surface area contributed by atoms with Gasteiger partial charge in [0, 0.05) is 53.9 Å². The lowest BCUT2D eigenvalue weighted by atomic mass is 9.94.